The Balaban J connectivity index is 3.70. The molecule has 0 amide bonds. The Morgan fingerprint density at radius 2 is 1.73 bits per heavy atom. The second-order valence-electron chi connectivity index (χ2n) is 4.41. The molecule has 1 N–H and O–H groups in total. The van der Waals surface area contributed by atoms with E-state index in [0.29, 0.717) is 18.4 Å². The summed E-state index contributed by atoms with van der Waals surface area (Å²) in [6.07, 6.45) is 4.37. The average Bonchev–Trinajstić information content (AvgIpc) is 2.15. The van der Waals surface area contributed by atoms with Gasteiger partial charge in [0.1, 0.15) is 9.84 Å². The van der Waals surface area contributed by atoms with Gasteiger partial charge in [-0.1, -0.05) is 26.7 Å². The van der Waals surface area contributed by atoms with E-state index in [1.54, 1.807) is 0 Å². The van der Waals surface area contributed by atoms with Crippen molar-refractivity contribution in [1.82, 2.24) is 5.32 Å². The molecule has 0 saturated heterocycles. The smallest absolute Gasteiger partial charge is 0.147 e. The molecule has 92 valence electrons. The van der Waals surface area contributed by atoms with Gasteiger partial charge in [0.25, 0.3) is 0 Å². The first-order chi connectivity index (χ1) is 6.89. The fourth-order valence-corrected chi connectivity index (χ4v) is 2.22. The highest BCUT2D eigenvalue weighted by Gasteiger charge is 2.09. The Morgan fingerprint density at radius 1 is 1.20 bits per heavy atom. The highest BCUT2D eigenvalue weighted by Crippen LogP contribution is 2.06. The van der Waals surface area contributed by atoms with E-state index < -0.39 is 9.84 Å². The van der Waals surface area contributed by atoms with Crippen molar-refractivity contribution >= 4 is 9.84 Å². The molecule has 0 aromatic carbocycles. The summed E-state index contributed by atoms with van der Waals surface area (Å²) >= 11 is 0. The molecule has 0 spiro atoms. The zero-order chi connectivity index (χ0) is 11.9. The quantitative estimate of drug-likeness (QED) is 0.698. The first kappa shape index (κ1) is 14.9. The zero-order valence-corrected chi connectivity index (χ0v) is 11.2. The third kappa shape index (κ3) is 8.88. The maximum atomic E-state index is 11.0. The van der Waals surface area contributed by atoms with E-state index in [0.717, 1.165) is 6.54 Å². The molecule has 0 saturated carbocycles. The van der Waals surface area contributed by atoms with Crippen LogP contribution < -0.4 is 5.32 Å². The predicted molar refractivity (Wildman–Crippen MR) is 65.9 cm³/mol. The summed E-state index contributed by atoms with van der Waals surface area (Å²) in [7, 11) is -2.81. The van der Waals surface area contributed by atoms with Gasteiger partial charge in [-0.25, -0.2) is 8.42 Å². The largest absolute Gasteiger partial charge is 0.314 e. The molecule has 0 bridgehead atoms. The monoisotopic (exact) mass is 235 g/mol. The van der Waals surface area contributed by atoms with Crippen molar-refractivity contribution in [1.29, 1.82) is 0 Å². The van der Waals surface area contributed by atoms with Crippen LogP contribution in [0.2, 0.25) is 0 Å². The Morgan fingerprint density at radius 3 is 2.13 bits per heavy atom. The Bertz CT molecular complexity index is 245. The van der Waals surface area contributed by atoms with Gasteiger partial charge >= 0.3 is 0 Å². The Hall–Kier alpha value is -0.0900. The van der Waals surface area contributed by atoms with Crippen molar-refractivity contribution in [3.05, 3.63) is 0 Å². The molecule has 0 aliphatic carbocycles. The van der Waals surface area contributed by atoms with Crippen LogP contribution in [0.5, 0.6) is 0 Å². The third-order valence-electron chi connectivity index (χ3n) is 2.83. The summed E-state index contributed by atoms with van der Waals surface area (Å²) in [5.74, 6) is 0.995. The van der Waals surface area contributed by atoms with Crippen LogP contribution in [0.15, 0.2) is 0 Å². The highest BCUT2D eigenvalue weighted by atomic mass is 32.2. The molecule has 0 fully saturated rings. The fourth-order valence-electron chi connectivity index (χ4n) is 1.44. The van der Waals surface area contributed by atoms with Crippen LogP contribution in [-0.4, -0.2) is 33.0 Å². The summed E-state index contributed by atoms with van der Waals surface area (Å²) in [4.78, 5) is 0. The molecule has 1 atom stereocenters. The molecule has 0 aliphatic heterocycles. The lowest BCUT2D eigenvalue weighted by atomic mass is 10.0. The molecule has 0 aliphatic rings. The number of nitrogens with one attached hydrogen (secondary N) is 1. The molecule has 1 unspecified atom stereocenters. The van der Waals surface area contributed by atoms with Crippen molar-refractivity contribution in [2.45, 2.75) is 46.1 Å². The SMILES string of the molecule is CCC(CC)CNC(C)CCS(C)(=O)=O. The van der Waals surface area contributed by atoms with Gasteiger partial charge in [0.05, 0.1) is 5.75 Å². The number of rotatable bonds is 8. The number of sulfone groups is 1. The van der Waals surface area contributed by atoms with Crippen LogP contribution in [0.3, 0.4) is 0 Å². The van der Waals surface area contributed by atoms with E-state index in [2.05, 4.69) is 19.2 Å². The maximum absolute atomic E-state index is 11.0. The maximum Gasteiger partial charge on any atom is 0.147 e. The molecule has 0 heterocycles. The number of hydrogen-bond donors (Lipinski definition) is 1. The second kappa shape index (κ2) is 7.23. The Labute approximate surface area is 94.6 Å². The summed E-state index contributed by atoms with van der Waals surface area (Å²) in [6.45, 7) is 7.43. The summed E-state index contributed by atoms with van der Waals surface area (Å²) < 4.78 is 21.9. The minimum Gasteiger partial charge on any atom is -0.314 e. The summed E-state index contributed by atoms with van der Waals surface area (Å²) in [5.41, 5.74) is 0. The van der Waals surface area contributed by atoms with E-state index >= 15 is 0 Å². The molecule has 4 heteroatoms. The van der Waals surface area contributed by atoms with Crippen LogP contribution in [0, 0.1) is 5.92 Å². The summed E-state index contributed by atoms with van der Waals surface area (Å²) in [5, 5.41) is 3.39. The van der Waals surface area contributed by atoms with E-state index in [9.17, 15) is 8.42 Å². The van der Waals surface area contributed by atoms with Gasteiger partial charge < -0.3 is 5.32 Å². The van der Waals surface area contributed by atoms with Gasteiger partial charge in [0, 0.05) is 12.3 Å². The summed E-state index contributed by atoms with van der Waals surface area (Å²) in [6, 6.07) is 0.292. The molecule has 0 radical (unpaired) electrons. The average molecular weight is 235 g/mol. The van der Waals surface area contributed by atoms with Gasteiger partial charge in [-0.2, -0.15) is 0 Å². The molecule has 0 aromatic heterocycles. The molecule has 0 rings (SSSR count). The molecule has 15 heavy (non-hydrogen) atoms. The topological polar surface area (TPSA) is 46.2 Å². The van der Waals surface area contributed by atoms with Crippen LogP contribution >= 0.6 is 0 Å². The van der Waals surface area contributed by atoms with Crippen molar-refractivity contribution in [3.8, 4) is 0 Å². The van der Waals surface area contributed by atoms with Crippen LogP contribution in [-0.2, 0) is 9.84 Å². The van der Waals surface area contributed by atoms with Crippen molar-refractivity contribution in [2.24, 2.45) is 5.92 Å². The lowest BCUT2D eigenvalue weighted by Gasteiger charge is -2.18. The first-order valence-corrected chi connectivity index (χ1v) is 7.86. The second-order valence-corrected chi connectivity index (χ2v) is 6.67. The van der Waals surface area contributed by atoms with Gasteiger partial charge in [-0.05, 0) is 25.8 Å². The van der Waals surface area contributed by atoms with E-state index in [4.69, 9.17) is 0 Å². The minimum atomic E-state index is -2.81. The lowest BCUT2D eigenvalue weighted by Crippen LogP contribution is -2.32. The van der Waals surface area contributed by atoms with Crippen LogP contribution in [0.1, 0.15) is 40.0 Å². The molecule has 0 aromatic rings. The Kier molecular flexibility index (Phi) is 7.18. The standard InChI is InChI=1S/C11H25NO2S/c1-5-11(6-2)9-12-10(3)7-8-15(4,13)14/h10-12H,5-9H2,1-4H3. The van der Waals surface area contributed by atoms with Crippen LogP contribution in [0.25, 0.3) is 0 Å². The van der Waals surface area contributed by atoms with Gasteiger partial charge in [-0.3, -0.25) is 0 Å². The number of hydrogen-bond acceptors (Lipinski definition) is 3. The lowest BCUT2D eigenvalue weighted by molar-refractivity contribution is 0.413. The van der Waals surface area contributed by atoms with Gasteiger partial charge in [0.15, 0.2) is 0 Å². The highest BCUT2D eigenvalue weighted by molar-refractivity contribution is 7.90. The van der Waals surface area contributed by atoms with Crippen molar-refractivity contribution in [3.63, 3.8) is 0 Å². The van der Waals surface area contributed by atoms with Crippen LogP contribution in [0.4, 0.5) is 0 Å². The van der Waals surface area contributed by atoms with E-state index in [1.807, 2.05) is 6.92 Å². The fraction of sp³-hybridized carbons (Fsp3) is 1.00. The third-order valence-corrected chi connectivity index (χ3v) is 3.81. The van der Waals surface area contributed by atoms with Crippen molar-refractivity contribution in [2.75, 3.05) is 18.6 Å². The van der Waals surface area contributed by atoms with Gasteiger partial charge in [-0.15, -0.1) is 0 Å². The minimum absolute atomic E-state index is 0.282. The zero-order valence-electron chi connectivity index (χ0n) is 10.4. The van der Waals surface area contributed by atoms with Gasteiger partial charge in [0.2, 0.25) is 0 Å². The normalized spacial score (nSPS) is 14.5. The predicted octanol–water partition coefficient (Wildman–Crippen LogP) is 1.84. The molecular formula is C11H25NO2S. The molecule has 3 nitrogen and oxygen atoms in total. The van der Waals surface area contributed by atoms with Crippen molar-refractivity contribution < 1.29 is 8.42 Å². The first-order valence-electron chi connectivity index (χ1n) is 5.80. The van der Waals surface area contributed by atoms with E-state index in [1.165, 1.54) is 19.1 Å². The molecular weight excluding hydrogens is 210 g/mol. The van der Waals surface area contributed by atoms with E-state index in [-0.39, 0.29) is 5.75 Å².